The van der Waals surface area contributed by atoms with Crippen LogP contribution in [0.4, 0.5) is 102 Å². The molecular weight excluding hydrogens is 1320 g/mol. The van der Waals surface area contributed by atoms with Gasteiger partial charge >= 0.3 is 0 Å². The average molecular weight is 1420 g/mol. The molecule has 0 saturated heterocycles. The maximum atomic E-state index is 2.40. The summed E-state index contributed by atoms with van der Waals surface area (Å²) < 4.78 is 0. The molecule has 1 aliphatic carbocycles. The second-order valence-corrected chi connectivity index (χ2v) is 29.2. The Balaban J connectivity index is 0.000000179. The minimum atomic E-state index is 0.00636. The summed E-state index contributed by atoms with van der Waals surface area (Å²) in [5, 5.41) is 0. The Hall–Kier alpha value is -12.9. The predicted molar refractivity (Wildman–Crippen MR) is 464 cm³/mol. The number of para-hydroxylation sites is 3. The Morgan fingerprint density at radius 3 is 0.541 bits per heavy atom. The molecule has 1 saturated carbocycles. The van der Waals surface area contributed by atoms with Crippen LogP contribution in [0.15, 0.2) is 382 Å². The number of rotatable bonds is 20. The molecule has 1 aliphatic rings. The Labute approximate surface area is 646 Å². The summed E-state index contributed by atoms with van der Waals surface area (Å²) in [5.41, 5.74) is 31.7. The van der Waals surface area contributed by atoms with Crippen molar-refractivity contribution in [3.8, 4) is 0 Å². The number of nitrogens with zero attached hydrogens (tertiary/aromatic N) is 6. The number of anilines is 18. The lowest BCUT2D eigenvalue weighted by molar-refractivity contribution is 0.346. The molecule has 0 unspecified atom stereocenters. The van der Waals surface area contributed by atoms with Crippen LogP contribution < -0.4 is 29.4 Å². The van der Waals surface area contributed by atoms with Gasteiger partial charge in [0.25, 0.3) is 0 Å². The van der Waals surface area contributed by atoms with Crippen LogP contribution in [0.2, 0.25) is 0 Å². The van der Waals surface area contributed by atoms with Crippen molar-refractivity contribution >= 4 is 102 Å². The van der Waals surface area contributed by atoms with E-state index >= 15 is 0 Å². The van der Waals surface area contributed by atoms with Crippen molar-refractivity contribution in [2.45, 2.75) is 86.0 Å². The lowest BCUT2D eigenvalue weighted by Crippen LogP contribution is -2.30. The average Bonchev–Trinajstić information content (AvgIpc) is 0.761. The minimum absolute atomic E-state index is 0.00636. The molecule has 0 aliphatic heterocycles. The van der Waals surface area contributed by atoms with Crippen molar-refractivity contribution in [3.05, 3.63) is 432 Å². The van der Waals surface area contributed by atoms with Crippen LogP contribution >= 0.6 is 0 Å². The third-order valence-corrected chi connectivity index (χ3v) is 21.2. The Kier molecular flexibility index (Phi) is 21.6. The minimum Gasteiger partial charge on any atom is -0.311 e. The zero-order valence-electron chi connectivity index (χ0n) is 63.6. The standard InChI is InChI=1S/C57H48N4.C46H46N2/c1-43-16-13-25-55(40-43)59(46-19-7-4-8-20-46)52-34-28-49(29-35-52)58(50-30-36-53(37-31-50)60(47-21-9-5-10-22-47)56-26-14-17-44(2)41-56)51-32-38-54(39-33-51)61(48-23-11-6-12-24-48)57-27-15-18-45(3)42-57;1-34-8-20-40(21-9-34)47(41-22-10-35(2)11-23-41)44-28-16-38(17-29-44)46(32-6-5-7-33-46)39-18-30-45(31-19-39)48(42-24-12-36(3)13-25-42)43-26-14-37(4)15-27-43/h4-42H,1-3H3;8-31H,5-7,32-33H2,1-4H3. The van der Waals surface area contributed by atoms with Crippen molar-refractivity contribution in [1.82, 2.24) is 0 Å². The first-order valence-corrected chi connectivity index (χ1v) is 38.3. The normalized spacial score (nSPS) is 12.2. The molecule has 15 aromatic rings. The lowest BCUT2D eigenvalue weighted by Gasteiger charge is -2.39. The molecule has 536 valence electrons. The van der Waals surface area contributed by atoms with E-state index in [1.807, 2.05) is 0 Å². The van der Waals surface area contributed by atoms with E-state index in [0.29, 0.717) is 0 Å². The molecule has 0 N–H and O–H groups in total. The largest absolute Gasteiger partial charge is 0.311 e. The van der Waals surface area contributed by atoms with Gasteiger partial charge in [-0.05, 0) is 308 Å². The predicted octanol–water partition coefficient (Wildman–Crippen LogP) is 29.6. The topological polar surface area (TPSA) is 19.4 Å². The van der Waals surface area contributed by atoms with Gasteiger partial charge in [-0.25, -0.2) is 0 Å². The Morgan fingerprint density at radius 2 is 0.330 bits per heavy atom. The van der Waals surface area contributed by atoms with Crippen LogP contribution in [0.3, 0.4) is 0 Å². The van der Waals surface area contributed by atoms with Crippen LogP contribution in [0.5, 0.6) is 0 Å². The third-order valence-electron chi connectivity index (χ3n) is 21.2. The van der Waals surface area contributed by atoms with E-state index in [1.54, 1.807) is 0 Å². The molecule has 0 amide bonds. The SMILES string of the molecule is Cc1ccc(N(c2ccc(C)cc2)c2ccc(C3(c4ccc(N(c5ccc(C)cc5)c5ccc(C)cc5)cc4)CCCCC3)cc2)cc1.Cc1cccc(N(c2ccccc2)c2ccc(N(c3ccc(N(c4ccccc4)c4cccc(C)c4)cc3)c3ccc(N(c4ccccc4)c4cccc(C)c4)cc3)cc2)c1. The van der Waals surface area contributed by atoms with Gasteiger partial charge in [0, 0.05) is 108 Å². The number of aryl methyl sites for hydroxylation is 7. The zero-order valence-corrected chi connectivity index (χ0v) is 63.6. The summed E-state index contributed by atoms with van der Waals surface area (Å²) in [5.74, 6) is 0. The molecule has 0 spiro atoms. The maximum absolute atomic E-state index is 2.40. The van der Waals surface area contributed by atoms with Crippen LogP contribution in [0, 0.1) is 48.5 Å². The molecule has 0 aromatic heterocycles. The monoisotopic (exact) mass is 1410 g/mol. The highest BCUT2D eigenvalue weighted by atomic mass is 15.2. The zero-order chi connectivity index (χ0) is 74.6. The first kappa shape index (κ1) is 71.7. The van der Waals surface area contributed by atoms with E-state index in [-0.39, 0.29) is 5.41 Å². The van der Waals surface area contributed by atoms with Gasteiger partial charge in [0.15, 0.2) is 0 Å². The van der Waals surface area contributed by atoms with Crippen molar-refractivity contribution in [2.75, 3.05) is 29.4 Å². The highest BCUT2D eigenvalue weighted by Crippen LogP contribution is 2.49. The number of benzene rings is 15. The van der Waals surface area contributed by atoms with E-state index < -0.39 is 0 Å². The molecule has 0 atom stereocenters. The van der Waals surface area contributed by atoms with Crippen molar-refractivity contribution in [1.29, 1.82) is 0 Å². The van der Waals surface area contributed by atoms with Gasteiger partial charge in [-0.15, -0.1) is 0 Å². The van der Waals surface area contributed by atoms with Gasteiger partial charge in [0.1, 0.15) is 0 Å². The molecule has 6 heteroatoms. The molecular formula is C103H94N6. The van der Waals surface area contributed by atoms with Crippen molar-refractivity contribution in [2.24, 2.45) is 0 Å². The summed E-state index contributed by atoms with van der Waals surface area (Å²) in [4.78, 5) is 14.0. The molecule has 6 nitrogen and oxygen atoms in total. The van der Waals surface area contributed by atoms with E-state index in [2.05, 4.69) is 460 Å². The van der Waals surface area contributed by atoms with E-state index in [0.717, 1.165) is 68.2 Å². The molecule has 15 aromatic carbocycles. The molecule has 109 heavy (non-hydrogen) atoms. The first-order valence-electron chi connectivity index (χ1n) is 38.3. The fourth-order valence-electron chi connectivity index (χ4n) is 15.5. The Morgan fingerprint density at radius 1 is 0.156 bits per heavy atom. The van der Waals surface area contributed by atoms with Crippen LogP contribution in [0.1, 0.15) is 82.2 Å². The highest BCUT2D eigenvalue weighted by molar-refractivity contribution is 5.86. The fraction of sp³-hybridized carbons (Fsp3) is 0.126. The molecule has 0 bridgehead atoms. The molecule has 16 rings (SSSR count). The van der Waals surface area contributed by atoms with Gasteiger partial charge in [-0.3, -0.25) is 0 Å². The van der Waals surface area contributed by atoms with Gasteiger partial charge in [-0.2, -0.15) is 0 Å². The summed E-state index contributed by atoms with van der Waals surface area (Å²) >= 11 is 0. The van der Waals surface area contributed by atoms with E-state index in [1.165, 1.54) is 116 Å². The summed E-state index contributed by atoms with van der Waals surface area (Å²) in [7, 11) is 0. The molecule has 0 radical (unpaired) electrons. The lowest BCUT2D eigenvalue weighted by atomic mass is 9.65. The summed E-state index contributed by atoms with van der Waals surface area (Å²) in [6.07, 6.45) is 6.15. The number of hydrogen-bond donors (Lipinski definition) is 0. The summed E-state index contributed by atoms with van der Waals surface area (Å²) in [6.45, 7) is 15.0. The van der Waals surface area contributed by atoms with Crippen molar-refractivity contribution < 1.29 is 0 Å². The third kappa shape index (κ3) is 16.3. The summed E-state index contributed by atoms with van der Waals surface area (Å²) in [6, 6.07) is 139. The second-order valence-electron chi connectivity index (χ2n) is 29.2. The van der Waals surface area contributed by atoms with Gasteiger partial charge in [0.05, 0.1) is 0 Å². The quantitative estimate of drug-likeness (QED) is 0.0752. The van der Waals surface area contributed by atoms with Gasteiger partial charge in [-0.1, -0.05) is 205 Å². The van der Waals surface area contributed by atoms with E-state index in [9.17, 15) is 0 Å². The van der Waals surface area contributed by atoms with Gasteiger partial charge in [0.2, 0.25) is 0 Å². The second kappa shape index (κ2) is 32.9. The van der Waals surface area contributed by atoms with Crippen LogP contribution in [-0.2, 0) is 5.41 Å². The highest BCUT2D eigenvalue weighted by Gasteiger charge is 2.36. The molecule has 1 fully saturated rings. The van der Waals surface area contributed by atoms with Crippen LogP contribution in [0.25, 0.3) is 0 Å². The number of hydrogen-bond acceptors (Lipinski definition) is 6. The fourth-order valence-corrected chi connectivity index (χ4v) is 15.5. The first-order chi connectivity index (χ1) is 53.4. The van der Waals surface area contributed by atoms with Crippen LogP contribution in [-0.4, -0.2) is 0 Å². The van der Waals surface area contributed by atoms with Crippen molar-refractivity contribution in [3.63, 3.8) is 0 Å². The Bertz CT molecular complexity index is 4890. The molecule has 0 heterocycles. The van der Waals surface area contributed by atoms with E-state index in [4.69, 9.17) is 0 Å². The maximum Gasteiger partial charge on any atom is 0.0464 e. The smallest absolute Gasteiger partial charge is 0.0464 e. The van der Waals surface area contributed by atoms with Gasteiger partial charge < -0.3 is 29.4 Å².